The highest BCUT2D eigenvalue weighted by Crippen LogP contribution is 2.46. The van der Waals surface area contributed by atoms with Crippen molar-refractivity contribution < 1.29 is 4.74 Å². The molecule has 1 atom stereocenters. The highest BCUT2D eigenvalue weighted by Gasteiger charge is 2.46. The van der Waals surface area contributed by atoms with Gasteiger partial charge in [0.1, 0.15) is 0 Å². The topological polar surface area (TPSA) is 61.0 Å². The Balaban J connectivity index is 2.10. The number of hydrogen-bond donors (Lipinski definition) is 1. The number of nitrogens with zero attached hydrogens (tertiary/aromatic N) is 2. The number of hydrogen-bond acceptors (Lipinski definition) is 6. The van der Waals surface area contributed by atoms with Gasteiger partial charge >= 0.3 is 0 Å². The number of thioether (sulfide) groups is 1. The third-order valence-corrected chi connectivity index (χ3v) is 5.04. The maximum Gasteiger partial charge on any atom is 0.203 e. The summed E-state index contributed by atoms with van der Waals surface area (Å²) in [5.74, 6) is 0. The van der Waals surface area contributed by atoms with Crippen molar-refractivity contribution in [3.05, 3.63) is 0 Å². The van der Waals surface area contributed by atoms with Crippen molar-refractivity contribution in [3.63, 3.8) is 0 Å². The van der Waals surface area contributed by atoms with Crippen LogP contribution in [0.15, 0.2) is 4.34 Å². The third-order valence-electron chi connectivity index (χ3n) is 2.66. The molecule has 0 amide bonds. The van der Waals surface area contributed by atoms with Crippen molar-refractivity contribution in [2.75, 3.05) is 5.73 Å². The minimum absolute atomic E-state index is 0.0581. The quantitative estimate of drug-likeness (QED) is 0.884. The minimum Gasteiger partial charge on any atom is -0.374 e. The van der Waals surface area contributed by atoms with Gasteiger partial charge in [0.05, 0.1) is 11.2 Å². The summed E-state index contributed by atoms with van der Waals surface area (Å²) in [7, 11) is 0. The zero-order chi connectivity index (χ0) is 12.0. The molecule has 16 heavy (non-hydrogen) atoms. The van der Waals surface area contributed by atoms with E-state index < -0.39 is 0 Å². The lowest BCUT2D eigenvalue weighted by Crippen LogP contribution is -2.30. The van der Waals surface area contributed by atoms with Crippen molar-refractivity contribution in [2.45, 2.75) is 54.9 Å². The Bertz CT molecular complexity index is 389. The Morgan fingerprint density at radius 1 is 1.38 bits per heavy atom. The van der Waals surface area contributed by atoms with Crippen LogP contribution in [0.3, 0.4) is 0 Å². The van der Waals surface area contributed by atoms with Crippen LogP contribution in [0.4, 0.5) is 5.13 Å². The van der Waals surface area contributed by atoms with E-state index in [4.69, 9.17) is 10.5 Å². The number of anilines is 1. The average molecular weight is 259 g/mol. The molecule has 0 aliphatic carbocycles. The Hall–Kier alpha value is -0.330. The van der Waals surface area contributed by atoms with Crippen LogP contribution in [0.2, 0.25) is 0 Å². The molecule has 1 aromatic heterocycles. The zero-order valence-corrected chi connectivity index (χ0v) is 11.6. The highest BCUT2D eigenvalue weighted by atomic mass is 32.2. The molecule has 1 aliphatic heterocycles. The van der Waals surface area contributed by atoms with Gasteiger partial charge in [0.25, 0.3) is 0 Å². The fourth-order valence-corrected chi connectivity index (χ4v) is 4.37. The average Bonchev–Trinajstić information content (AvgIpc) is 2.55. The maximum absolute atomic E-state index is 6.03. The molecule has 0 spiro atoms. The second-order valence-corrected chi connectivity index (χ2v) is 7.64. The van der Waals surface area contributed by atoms with Gasteiger partial charge in [-0.05, 0) is 34.1 Å². The fraction of sp³-hybridized carbons (Fsp3) is 0.800. The van der Waals surface area contributed by atoms with E-state index in [1.54, 1.807) is 11.8 Å². The molecular formula is C10H17N3OS2. The summed E-state index contributed by atoms with van der Waals surface area (Å²) in [6.07, 6.45) is 1.02. The van der Waals surface area contributed by atoms with Crippen LogP contribution in [0.1, 0.15) is 34.1 Å². The number of aromatic nitrogens is 2. The molecule has 0 saturated carbocycles. The monoisotopic (exact) mass is 259 g/mol. The van der Waals surface area contributed by atoms with Gasteiger partial charge in [-0.2, -0.15) is 0 Å². The lowest BCUT2D eigenvalue weighted by Gasteiger charge is -2.26. The Morgan fingerprint density at radius 2 is 2.06 bits per heavy atom. The summed E-state index contributed by atoms with van der Waals surface area (Å²) in [5.41, 5.74) is 5.39. The van der Waals surface area contributed by atoms with Crippen LogP contribution in [-0.4, -0.2) is 26.6 Å². The molecule has 2 N–H and O–H groups in total. The van der Waals surface area contributed by atoms with E-state index in [0.717, 1.165) is 10.8 Å². The molecule has 0 bridgehead atoms. The summed E-state index contributed by atoms with van der Waals surface area (Å²) >= 11 is 3.16. The third kappa shape index (κ3) is 2.49. The predicted molar refractivity (Wildman–Crippen MR) is 67.8 cm³/mol. The van der Waals surface area contributed by atoms with Crippen LogP contribution in [-0.2, 0) is 4.74 Å². The SMILES string of the molecule is CC1(C)CC(Sc2nnc(N)s2)C(C)(C)O1. The minimum atomic E-state index is -0.130. The normalized spacial score (nSPS) is 27.1. The molecule has 0 radical (unpaired) electrons. The van der Waals surface area contributed by atoms with E-state index in [-0.39, 0.29) is 11.2 Å². The van der Waals surface area contributed by atoms with Gasteiger partial charge in [0, 0.05) is 5.25 Å². The van der Waals surface area contributed by atoms with E-state index in [1.807, 2.05) is 0 Å². The maximum atomic E-state index is 6.03. The molecule has 2 heterocycles. The van der Waals surface area contributed by atoms with Crippen molar-refractivity contribution in [2.24, 2.45) is 0 Å². The van der Waals surface area contributed by atoms with Gasteiger partial charge in [0.2, 0.25) is 5.13 Å². The van der Waals surface area contributed by atoms with Gasteiger partial charge in [-0.3, -0.25) is 0 Å². The predicted octanol–water partition coefficient (Wildman–Crippen LogP) is 2.56. The van der Waals surface area contributed by atoms with E-state index in [0.29, 0.717) is 10.4 Å². The van der Waals surface area contributed by atoms with E-state index >= 15 is 0 Å². The van der Waals surface area contributed by atoms with Gasteiger partial charge in [0.15, 0.2) is 4.34 Å². The zero-order valence-electron chi connectivity index (χ0n) is 9.98. The summed E-state index contributed by atoms with van der Waals surface area (Å²) in [6, 6.07) is 0. The smallest absolute Gasteiger partial charge is 0.203 e. The number of ether oxygens (including phenoxy) is 1. The van der Waals surface area contributed by atoms with Crippen LogP contribution in [0.5, 0.6) is 0 Å². The first-order valence-corrected chi connectivity index (χ1v) is 6.94. The molecule has 90 valence electrons. The molecular weight excluding hydrogens is 242 g/mol. The second-order valence-electron chi connectivity index (χ2n) is 5.18. The second kappa shape index (κ2) is 3.85. The number of nitrogen functional groups attached to an aromatic ring is 1. The molecule has 1 unspecified atom stereocenters. The molecule has 0 aromatic carbocycles. The number of rotatable bonds is 2. The molecule has 1 saturated heterocycles. The lowest BCUT2D eigenvalue weighted by molar-refractivity contribution is -0.0631. The van der Waals surface area contributed by atoms with Crippen LogP contribution >= 0.6 is 23.1 Å². The van der Waals surface area contributed by atoms with E-state index in [9.17, 15) is 0 Å². The van der Waals surface area contributed by atoms with Gasteiger partial charge in [-0.25, -0.2) is 0 Å². The van der Waals surface area contributed by atoms with Gasteiger partial charge in [-0.1, -0.05) is 23.1 Å². The first-order chi connectivity index (χ1) is 7.28. The van der Waals surface area contributed by atoms with Gasteiger partial charge < -0.3 is 10.5 Å². The first kappa shape index (κ1) is 12.1. The van der Waals surface area contributed by atoms with Crippen molar-refractivity contribution in [3.8, 4) is 0 Å². The van der Waals surface area contributed by atoms with Crippen LogP contribution in [0.25, 0.3) is 0 Å². The fourth-order valence-electron chi connectivity index (χ4n) is 2.09. The summed E-state index contributed by atoms with van der Waals surface area (Å²) in [5, 5.41) is 8.80. The lowest BCUT2D eigenvalue weighted by atomic mass is 10.0. The van der Waals surface area contributed by atoms with E-state index in [2.05, 4.69) is 37.9 Å². The van der Waals surface area contributed by atoms with Crippen LogP contribution < -0.4 is 5.73 Å². The van der Waals surface area contributed by atoms with E-state index in [1.165, 1.54) is 11.3 Å². The molecule has 2 rings (SSSR count). The largest absolute Gasteiger partial charge is 0.374 e. The van der Waals surface area contributed by atoms with Crippen molar-refractivity contribution >= 4 is 28.2 Å². The van der Waals surface area contributed by atoms with Crippen molar-refractivity contribution in [1.29, 1.82) is 0 Å². The highest BCUT2D eigenvalue weighted by molar-refractivity contribution is 8.01. The summed E-state index contributed by atoms with van der Waals surface area (Å²) < 4.78 is 6.96. The Kier molecular flexibility index (Phi) is 2.92. The van der Waals surface area contributed by atoms with Gasteiger partial charge in [-0.15, -0.1) is 10.2 Å². The summed E-state index contributed by atoms with van der Waals surface area (Å²) in [6.45, 7) is 8.52. The van der Waals surface area contributed by atoms with Crippen LogP contribution in [0, 0.1) is 0 Å². The van der Waals surface area contributed by atoms with Crippen molar-refractivity contribution in [1.82, 2.24) is 10.2 Å². The Morgan fingerprint density at radius 3 is 2.50 bits per heavy atom. The molecule has 1 aromatic rings. The Labute approximate surface area is 104 Å². The first-order valence-electron chi connectivity index (χ1n) is 5.24. The summed E-state index contributed by atoms with van der Waals surface area (Å²) in [4.78, 5) is 0. The molecule has 1 aliphatic rings. The molecule has 4 nitrogen and oxygen atoms in total. The molecule has 1 fully saturated rings. The molecule has 6 heteroatoms. The standard InChI is InChI=1S/C10H17N3OS2/c1-9(2)5-6(10(3,4)14-9)15-8-13-12-7(11)16-8/h6H,5H2,1-4H3,(H2,11,12). The number of nitrogens with two attached hydrogens (primary N) is 1.